The minimum atomic E-state index is -0.446. The van der Waals surface area contributed by atoms with Crippen molar-refractivity contribution < 1.29 is 4.42 Å². The number of fused-ring (bicyclic) bond motifs is 1. The van der Waals surface area contributed by atoms with Gasteiger partial charge in [-0.3, -0.25) is 4.98 Å². The maximum absolute atomic E-state index is 11.1. The normalized spacial score (nSPS) is 16.0. The monoisotopic (exact) mass is 275 g/mol. The number of aromatic nitrogens is 1. The third-order valence-electron chi connectivity index (χ3n) is 4.17. The second kappa shape index (κ2) is 5.61. The lowest BCUT2D eigenvalue weighted by molar-refractivity contribution is 0.491. The minimum absolute atomic E-state index is 0.446. The van der Waals surface area contributed by atoms with Crippen molar-refractivity contribution in [1.29, 1.82) is 0 Å². The van der Waals surface area contributed by atoms with E-state index in [-0.39, 0.29) is 0 Å². The molecule has 1 fully saturated rings. The van der Waals surface area contributed by atoms with Gasteiger partial charge in [0.2, 0.25) is 0 Å². The molecule has 1 aliphatic rings. The van der Waals surface area contributed by atoms with Gasteiger partial charge in [-0.25, -0.2) is 4.79 Å². The molecule has 5 heteroatoms. The Morgan fingerprint density at radius 2 is 2.15 bits per heavy atom. The first-order chi connectivity index (χ1) is 9.72. The summed E-state index contributed by atoms with van der Waals surface area (Å²) in [5.74, 6) is 0.472. The van der Waals surface area contributed by atoms with Gasteiger partial charge >= 0.3 is 5.76 Å². The van der Waals surface area contributed by atoms with Gasteiger partial charge in [0.05, 0.1) is 16.9 Å². The van der Waals surface area contributed by atoms with Gasteiger partial charge in [-0.05, 0) is 24.8 Å². The summed E-state index contributed by atoms with van der Waals surface area (Å²) in [5.41, 5.74) is 8.62. The summed E-state index contributed by atoms with van der Waals surface area (Å²) >= 11 is 0. The number of aromatic amines is 1. The van der Waals surface area contributed by atoms with E-state index in [1.54, 1.807) is 6.07 Å². The zero-order valence-corrected chi connectivity index (χ0v) is 11.6. The highest BCUT2D eigenvalue weighted by molar-refractivity contribution is 5.85. The predicted molar refractivity (Wildman–Crippen MR) is 80.9 cm³/mol. The third-order valence-corrected chi connectivity index (χ3v) is 4.17. The van der Waals surface area contributed by atoms with E-state index < -0.39 is 5.76 Å². The molecule has 0 amide bonds. The Morgan fingerprint density at radius 1 is 1.35 bits per heavy atom. The standard InChI is InChI=1S/C15H21N3O2/c16-11-8-14-13(18-15(19)20-14)9-12(11)17-7-3-6-10-4-1-2-5-10/h8-10,17H,1-7,16H2,(H,18,19). The molecule has 0 saturated heterocycles. The van der Waals surface area contributed by atoms with E-state index in [1.165, 1.54) is 32.1 Å². The Bertz CT molecular complexity index is 638. The molecule has 1 aliphatic carbocycles. The van der Waals surface area contributed by atoms with Crippen molar-refractivity contribution in [1.82, 2.24) is 4.98 Å². The molecule has 5 nitrogen and oxygen atoms in total. The van der Waals surface area contributed by atoms with Crippen LogP contribution in [0.4, 0.5) is 11.4 Å². The zero-order valence-electron chi connectivity index (χ0n) is 11.6. The number of anilines is 2. The van der Waals surface area contributed by atoms with Crippen LogP contribution in [0.25, 0.3) is 11.1 Å². The van der Waals surface area contributed by atoms with Gasteiger partial charge in [0.1, 0.15) is 0 Å². The van der Waals surface area contributed by atoms with Gasteiger partial charge in [-0.2, -0.15) is 0 Å². The quantitative estimate of drug-likeness (QED) is 0.578. The van der Waals surface area contributed by atoms with Crippen LogP contribution in [0.5, 0.6) is 0 Å². The predicted octanol–water partition coefficient (Wildman–Crippen LogP) is 3.09. The van der Waals surface area contributed by atoms with E-state index in [2.05, 4.69) is 10.3 Å². The van der Waals surface area contributed by atoms with Crippen LogP contribution in [0.15, 0.2) is 21.3 Å². The third kappa shape index (κ3) is 2.81. The van der Waals surface area contributed by atoms with Gasteiger partial charge in [0, 0.05) is 12.6 Å². The molecule has 0 unspecified atom stereocenters. The summed E-state index contributed by atoms with van der Waals surface area (Å²) in [4.78, 5) is 13.8. The molecule has 108 valence electrons. The summed E-state index contributed by atoms with van der Waals surface area (Å²) in [7, 11) is 0. The van der Waals surface area contributed by atoms with Crippen LogP contribution >= 0.6 is 0 Å². The number of benzene rings is 1. The largest absolute Gasteiger partial charge is 0.417 e. The molecular weight excluding hydrogens is 254 g/mol. The van der Waals surface area contributed by atoms with Crippen molar-refractivity contribution in [3.05, 3.63) is 22.7 Å². The van der Waals surface area contributed by atoms with Crippen LogP contribution in [0.3, 0.4) is 0 Å². The van der Waals surface area contributed by atoms with E-state index >= 15 is 0 Å². The van der Waals surface area contributed by atoms with Crippen molar-refractivity contribution in [2.45, 2.75) is 38.5 Å². The molecule has 0 atom stereocenters. The highest BCUT2D eigenvalue weighted by Gasteiger charge is 2.14. The highest BCUT2D eigenvalue weighted by Crippen LogP contribution is 2.29. The molecule has 20 heavy (non-hydrogen) atoms. The summed E-state index contributed by atoms with van der Waals surface area (Å²) in [5, 5.41) is 3.35. The van der Waals surface area contributed by atoms with E-state index in [4.69, 9.17) is 10.2 Å². The summed E-state index contributed by atoms with van der Waals surface area (Å²) in [6.07, 6.45) is 8.03. The van der Waals surface area contributed by atoms with Crippen molar-refractivity contribution in [2.24, 2.45) is 5.92 Å². The first-order valence-electron chi connectivity index (χ1n) is 7.38. The topological polar surface area (TPSA) is 84.0 Å². The molecule has 3 rings (SSSR count). The van der Waals surface area contributed by atoms with Crippen LogP contribution in [-0.4, -0.2) is 11.5 Å². The van der Waals surface area contributed by atoms with Crippen molar-refractivity contribution in [3.63, 3.8) is 0 Å². The number of hydrogen-bond donors (Lipinski definition) is 3. The maximum Gasteiger partial charge on any atom is 0.417 e. The Balaban J connectivity index is 1.58. The Morgan fingerprint density at radius 3 is 2.95 bits per heavy atom. The lowest BCUT2D eigenvalue weighted by atomic mass is 10.0. The minimum Gasteiger partial charge on any atom is -0.408 e. The molecule has 0 radical (unpaired) electrons. The molecule has 0 bridgehead atoms. The average molecular weight is 275 g/mol. The van der Waals surface area contributed by atoms with Crippen molar-refractivity contribution in [2.75, 3.05) is 17.6 Å². The molecule has 0 spiro atoms. The van der Waals surface area contributed by atoms with Crippen molar-refractivity contribution in [3.8, 4) is 0 Å². The highest BCUT2D eigenvalue weighted by atomic mass is 16.4. The smallest absolute Gasteiger partial charge is 0.408 e. The van der Waals surface area contributed by atoms with Gasteiger partial charge in [-0.1, -0.05) is 25.7 Å². The lowest BCUT2D eigenvalue weighted by Gasteiger charge is -2.11. The van der Waals surface area contributed by atoms with Crippen LogP contribution in [-0.2, 0) is 0 Å². The average Bonchev–Trinajstić information content (AvgIpc) is 3.03. The van der Waals surface area contributed by atoms with E-state index in [0.29, 0.717) is 16.8 Å². The molecule has 1 aromatic heterocycles. The molecule has 4 N–H and O–H groups in total. The van der Waals surface area contributed by atoms with E-state index in [9.17, 15) is 4.79 Å². The molecule has 0 aliphatic heterocycles. The summed E-state index contributed by atoms with van der Waals surface area (Å²) in [6.45, 7) is 0.911. The summed E-state index contributed by atoms with van der Waals surface area (Å²) in [6, 6.07) is 3.53. The van der Waals surface area contributed by atoms with E-state index in [0.717, 1.165) is 24.6 Å². The Hall–Kier alpha value is -1.91. The number of H-pyrrole nitrogens is 1. The van der Waals surface area contributed by atoms with Crippen molar-refractivity contribution >= 4 is 22.5 Å². The molecule has 2 aromatic rings. The molecule has 1 heterocycles. The van der Waals surface area contributed by atoms with Crippen LogP contribution < -0.4 is 16.8 Å². The summed E-state index contributed by atoms with van der Waals surface area (Å²) < 4.78 is 4.98. The Labute approximate surface area is 117 Å². The fraction of sp³-hybridized carbons (Fsp3) is 0.533. The van der Waals surface area contributed by atoms with Gasteiger partial charge in [0.25, 0.3) is 0 Å². The van der Waals surface area contributed by atoms with Gasteiger partial charge in [-0.15, -0.1) is 0 Å². The number of oxazole rings is 1. The lowest BCUT2D eigenvalue weighted by Crippen LogP contribution is -2.06. The first kappa shape index (κ1) is 13.1. The molecular formula is C15H21N3O2. The number of nitrogens with two attached hydrogens (primary N) is 1. The molecule has 1 saturated carbocycles. The van der Waals surface area contributed by atoms with E-state index in [1.807, 2.05) is 6.07 Å². The van der Waals surface area contributed by atoms with Crippen LogP contribution in [0, 0.1) is 5.92 Å². The Kier molecular flexibility index (Phi) is 3.67. The van der Waals surface area contributed by atoms with Gasteiger partial charge < -0.3 is 15.5 Å². The maximum atomic E-state index is 11.1. The number of nitrogen functional groups attached to an aromatic ring is 1. The fourth-order valence-corrected chi connectivity index (χ4v) is 3.08. The first-order valence-corrected chi connectivity index (χ1v) is 7.38. The van der Waals surface area contributed by atoms with Crippen LogP contribution in [0.1, 0.15) is 38.5 Å². The fourth-order valence-electron chi connectivity index (χ4n) is 3.08. The second-order valence-electron chi connectivity index (χ2n) is 5.67. The number of rotatable bonds is 5. The van der Waals surface area contributed by atoms with Crippen LogP contribution in [0.2, 0.25) is 0 Å². The SMILES string of the molecule is Nc1cc2oc(=O)[nH]c2cc1NCCCC1CCCC1. The second-order valence-corrected chi connectivity index (χ2v) is 5.67. The number of hydrogen-bond acceptors (Lipinski definition) is 4. The van der Waals surface area contributed by atoms with Gasteiger partial charge in [0.15, 0.2) is 5.58 Å². The number of nitrogens with one attached hydrogen (secondary N) is 2. The zero-order chi connectivity index (χ0) is 13.9. The molecule has 1 aromatic carbocycles.